The van der Waals surface area contributed by atoms with Gasteiger partial charge < -0.3 is 24.6 Å². The number of likely N-dealkylation sites (N-methyl/N-ethyl adjacent to an activating group) is 2. The molecule has 0 aliphatic carbocycles. The highest BCUT2D eigenvalue weighted by Gasteiger charge is 2.34. The van der Waals surface area contributed by atoms with Gasteiger partial charge in [-0.3, -0.25) is 29.3 Å². The summed E-state index contributed by atoms with van der Waals surface area (Å²) in [7, 11) is 5.54. The molecule has 2 aromatic rings. The number of nitrogens with one attached hydrogen (secondary N) is 2. The van der Waals surface area contributed by atoms with Crippen LogP contribution in [0, 0.1) is 6.92 Å². The molecule has 0 spiro atoms. The summed E-state index contributed by atoms with van der Waals surface area (Å²) in [6, 6.07) is 12.4. The third-order valence-corrected chi connectivity index (χ3v) is 8.78. The van der Waals surface area contributed by atoms with Crippen LogP contribution in [-0.4, -0.2) is 117 Å². The van der Waals surface area contributed by atoms with Crippen molar-refractivity contribution in [3.8, 4) is 5.75 Å². The van der Waals surface area contributed by atoms with Crippen molar-refractivity contribution in [3.63, 3.8) is 0 Å². The van der Waals surface area contributed by atoms with E-state index in [0.29, 0.717) is 12.6 Å². The highest BCUT2D eigenvalue weighted by Crippen LogP contribution is 2.25. The number of amides is 3. The van der Waals surface area contributed by atoms with E-state index in [2.05, 4.69) is 58.1 Å². The lowest BCUT2D eigenvalue weighted by Gasteiger charge is -2.31. The third-order valence-electron chi connectivity index (χ3n) is 7.67. The van der Waals surface area contributed by atoms with Crippen LogP contribution in [0.2, 0.25) is 0 Å². The SMILES string of the molecule is CN(C(=O)c1c(C=O)cccc1OCC=O)C1CCC(=O)NC1=O.CNCCCCCC=O.Cc1ccc(SN2CCN(C)CC2)cc1. The molecule has 0 radical (unpaired) electrons. The maximum absolute atomic E-state index is 12.8. The summed E-state index contributed by atoms with van der Waals surface area (Å²) in [6.45, 7) is 7.61. The number of hydrogen-bond acceptors (Lipinski definition) is 11. The first kappa shape index (κ1) is 40.3. The van der Waals surface area contributed by atoms with Crippen molar-refractivity contribution in [2.45, 2.75) is 56.4 Å². The lowest BCUT2D eigenvalue weighted by atomic mass is 10.0. The van der Waals surface area contributed by atoms with Crippen molar-refractivity contribution >= 4 is 48.5 Å². The molecule has 2 heterocycles. The number of carbonyl (C=O) groups excluding carboxylic acids is 6. The number of imide groups is 1. The summed E-state index contributed by atoms with van der Waals surface area (Å²) >= 11 is 1.88. The van der Waals surface area contributed by atoms with E-state index in [-0.39, 0.29) is 42.2 Å². The Bertz CT molecular complexity index is 1330. The van der Waals surface area contributed by atoms with Crippen LogP contribution < -0.4 is 15.4 Å². The Kier molecular flexibility index (Phi) is 19.0. The van der Waals surface area contributed by atoms with Gasteiger partial charge in [0.1, 0.15) is 24.7 Å². The summed E-state index contributed by atoms with van der Waals surface area (Å²) in [6.07, 6.45) is 6.45. The fourth-order valence-corrected chi connectivity index (χ4v) is 5.72. The molecule has 2 aromatic carbocycles. The number of piperidine rings is 1. The van der Waals surface area contributed by atoms with Crippen molar-refractivity contribution < 1.29 is 33.5 Å². The second kappa shape index (κ2) is 22.6. The molecule has 2 N–H and O–H groups in total. The molecule has 2 aliphatic heterocycles. The van der Waals surface area contributed by atoms with E-state index in [0.717, 1.165) is 43.7 Å². The van der Waals surface area contributed by atoms with Gasteiger partial charge in [-0.2, -0.15) is 0 Å². The average Bonchev–Trinajstić information content (AvgIpc) is 3.09. The van der Waals surface area contributed by atoms with Gasteiger partial charge in [-0.15, -0.1) is 0 Å². The molecule has 0 aromatic heterocycles. The first-order valence-corrected chi connectivity index (χ1v) is 16.9. The van der Waals surface area contributed by atoms with Crippen molar-refractivity contribution in [2.75, 3.05) is 60.5 Å². The minimum atomic E-state index is -0.825. The monoisotopic (exact) mass is 683 g/mol. The van der Waals surface area contributed by atoms with Gasteiger partial charge in [-0.1, -0.05) is 36.2 Å². The molecule has 1 atom stereocenters. The van der Waals surface area contributed by atoms with Gasteiger partial charge in [-0.05, 0) is 77.0 Å². The fraction of sp³-hybridized carbons (Fsp3) is 0.486. The molecule has 13 heteroatoms. The fourth-order valence-electron chi connectivity index (χ4n) is 4.82. The lowest BCUT2D eigenvalue weighted by Crippen LogP contribution is -2.53. The van der Waals surface area contributed by atoms with Crippen LogP contribution in [0.1, 0.15) is 64.8 Å². The third kappa shape index (κ3) is 14.1. The van der Waals surface area contributed by atoms with Gasteiger partial charge in [-0.25, -0.2) is 4.31 Å². The van der Waals surface area contributed by atoms with E-state index in [9.17, 15) is 28.8 Å². The number of hydrogen-bond donors (Lipinski definition) is 2. The van der Waals surface area contributed by atoms with Crippen LogP contribution >= 0.6 is 11.9 Å². The van der Waals surface area contributed by atoms with Gasteiger partial charge in [0.05, 0.1) is 5.56 Å². The number of nitrogens with zero attached hydrogens (tertiary/aromatic N) is 3. The zero-order chi connectivity index (χ0) is 35.3. The molecular weight excluding hydrogens is 634 g/mol. The maximum atomic E-state index is 12.8. The summed E-state index contributed by atoms with van der Waals surface area (Å²) in [5.74, 6) is -1.48. The summed E-state index contributed by atoms with van der Waals surface area (Å²) in [5.41, 5.74) is 1.39. The molecular formula is C35H49N5O7S. The standard InChI is InChI=1S/C16H16N2O6.C12H18N2S.C7H15NO/c1-18(11-5-6-13(21)17-15(11)22)16(23)14-10(9-20)3-2-4-12(14)24-8-7-19;1-11-3-5-12(6-4-11)15-14-9-7-13(2)8-10-14;1-8-6-4-2-3-5-7-9/h2-4,7,9,11H,5-6,8H2,1H3,(H,17,21,22);3-6H,7-10H2,1-2H3;7-8H,2-6H2,1H3. The second-order valence-corrected chi connectivity index (χ2v) is 12.6. The van der Waals surface area contributed by atoms with E-state index in [4.69, 9.17) is 4.74 Å². The van der Waals surface area contributed by atoms with Gasteiger partial charge in [0.2, 0.25) is 11.8 Å². The highest BCUT2D eigenvalue weighted by molar-refractivity contribution is 7.97. The van der Waals surface area contributed by atoms with Crippen LogP contribution in [0.5, 0.6) is 5.75 Å². The molecule has 48 heavy (non-hydrogen) atoms. The van der Waals surface area contributed by atoms with Gasteiger partial charge in [0.15, 0.2) is 12.6 Å². The van der Waals surface area contributed by atoms with Crippen molar-refractivity contribution in [3.05, 3.63) is 59.2 Å². The normalized spacial score (nSPS) is 16.3. The number of unbranched alkanes of at least 4 members (excludes halogenated alkanes) is 3. The Hall–Kier alpha value is -3.91. The van der Waals surface area contributed by atoms with Crippen LogP contribution in [0.4, 0.5) is 0 Å². The zero-order valence-electron chi connectivity index (χ0n) is 28.4. The first-order chi connectivity index (χ1) is 23.1. The van der Waals surface area contributed by atoms with E-state index in [1.807, 2.05) is 19.0 Å². The lowest BCUT2D eigenvalue weighted by molar-refractivity contribution is -0.136. The Balaban J connectivity index is 0.000000283. The van der Waals surface area contributed by atoms with E-state index in [1.165, 1.54) is 61.6 Å². The van der Waals surface area contributed by atoms with Gasteiger partial charge in [0.25, 0.3) is 5.91 Å². The largest absolute Gasteiger partial charge is 0.485 e. The molecule has 2 fully saturated rings. The number of aldehydes is 3. The van der Waals surface area contributed by atoms with Crippen LogP contribution in [0.15, 0.2) is 47.4 Å². The average molecular weight is 684 g/mol. The second-order valence-electron chi connectivity index (χ2n) is 11.5. The molecule has 262 valence electrons. The predicted molar refractivity (Wildman–Crippen MR) is 186 cm³/mol. The molecule has 0 saturated carbocycles. The summed E-state index contributed by atoms with van der Waals surface area (Å²) < 4.78 is 7.65. The summed E-state index contributed by atoms with van der Waals surface area (Å²) in [4.78, 5) is 72.4. The van der Waals surface area contributed by atoms with E-state index >= 15 is 0 Å². The molecule has 12 nitrogen and oxygen atoms in total. The molecule has 4 rings (SSSR count). The molecule has 2 aliphatic rings. The molecule has 0 bridgehead atoms. The smallest absolute Gasteiger partial charge is 0.258 e. The first-order valence-electron chi connectivity index (χ1n) is 16.2. The van der Waals surface area contributed by atoms with Gasteiger partial charge in [0, 0.05) is 56.5 Å². The van der Waals surface area contributed by atoms with Crippen LogP contribution in [0.25, 0.3) is 0 Å². The van der Waals surface area contributed by atoms with E-state index in [1.54, 1.807) is 0 Å². The van der Waals surface area contributed by atoms with Crippen LogP contribution in [0.3, 0.4) is 0 Å². The van der Waals surface area contributed by atoms with Crippen molar-refractivity contribution in [1.82, 2.24) is 24.7 Å². The predicted octanol–water partition coefficient (Wildman–Crippen LogP) is 3.17. The quantitative estimate of drug-likeness (QED) is 0.131. The van der Waals surface area contributed by atoms with Gasteiger partial charge >= 0.3 is 0 Å². The number of aryl methyl sites for hydroxylation is 1. The van der Waals surface area contributed by atoms with E-state index < -0.39 is 17.9 Å². The topological polar surface area (TPSA) is 145 Å². The number of rotatable bonds is 14. The Morgan fingerprint density at radius 3 is 2.33 bits per heavy atom. The zero-order valence-corrected chi connectivity index (χ0v) is 29.3. The molecule has 3 amide bonds. The molecule has 2 saturated heterocycles. The number of piperazine rings is 1. The minimum Gasteiger partial charge on any atom is -0.485 e. The Morgan fingerprint density at radius 2 is 1.73 bits per heavy atom. The number of carbonyl (C=O) groups is 6. The van der Waals surface area contributed by atoms with Crippen molar-refractivity contribution in [1.29, 1.82) is 0 Å². The molecule has 1 unspecified atom stereocenters. The Morgan fingerprint density at radius 1 is 1.02 bits per heavy atom. The van der Waals surface area contributed by atoms with Crippen LogP contribution in [-0.2, 0) is 19.2 Å². The summed E-state index contributed by atoms with van der Waals surface area (Å²) in [5, 5.41) is 5.23. The van der Waals surface area contributed by atoms with Crippen molar-refractivity contribution in [2.24, 2.45) is 0 Å². The number of ether oxygens (including phenoxy) is 1. The maximum Gasteiger partial charge on any atom is 0.258 e. The minimum absolute atomic E-state index is 0.0263. The number of benzene rings is 2. The Labute approximate surface area is 288 Å². The highest BCUT2D eigenvalue weighted by atomic mass is 32.2.